The second-order valence-electron chi connectivity index (χ2n) is 14.4. The molecule has 12 rings (SSSR count). The molecule has 0 fully saturated rings. The number of fused-ring (bicyclic) bond motifs is 10. The lowest BCUT2D eigenvalue weighted by Crippen LogP contribution is -1.90. The molecule has 0 atom stereocenters. The van der Waals surface area contributed by atoms with Gasteiger partial charge < -0.3 is 8.83 Å². The number of hydrogen-bond acceptors (Lipinski definition) is 2. The fourth-order valence-electron chi connectivity index (χ4n) is 8.86. The Morgan fingerprint density at radius 1 is 0.222 bits per heavy atom. The average Bonchev–Trinajstić information content (AvgIpc) is 3.77. The standard InChI is InChI=1S/C52H30O2/c1-2-10-31(11-3-1)51-40-13-4-6-15-42(40)52(43-16-7-5-14-41(43)51)36-21-20-32-24-33(18-19-34(32)25-36)35-22-23-48-45(26-35)46-28-38-29-49-44(27-37(38)30-50(46)54-48)39-12-8-9-17-47(39)53-49/h1-30H. The largest absolute Gasteiger partial charge is 0.456 e. The predicted molar refractivity (Wildman–Crippen MR) is 227 cm³/mol. The van der Waals surface area contributed by atoms with Crippen molar-refractivity contribution in [2.24, 2.45) is 0 Å². The molecule has 0 bridgehead atoms. The van der Waals surface area contributed by atoms with Gasteiger partial charge in [0.15, 0.2) is 0 Å². The number of hydrogen-bond donors (Lipinski definition) is 0. The third kappa shape index (κ3) is 4.34. The Balaban J connectivity index is 0.972. The van der Waals surface area contributed by atoms with Crippen LogP contribution in [-0.2, 0) is 0 Å². The van der Waals surface area contributed by atoms with Crippen molar-refractivity contribution < 1.29 is 8.83 Å². The average molecular weight is 687 g/mol. The van der Waals surface area contributed by atoms with Crippen LogP contribution in [0, 0.1) is 0 Å². The van der Waals surface area contributed by atoms with Crippen LogP contribution in [0.15, 0.2) is 191 Å². The van der Waals surface area contributed by atoms with Crippen LogP contribution in [0.1, 0.15) is 0 Å². The van der Waals surface area contributed by atoms with E-state index in [9.17, 15) is 0 Å². The summed E-state index contributed by atoms with van der Waals surface area (Å²) >= 11 is 0. The molecule has 2 heterocycles. The monoisotopic (exact) mass is 686 g/mol. The third-order valence-corrected chi connectivity index (χ3v) is 11.4. The minimum atomic E-state index is 0.890. The molecule has 0 radical (unpaired) electrons. The van der Waals surface area contributed by atoms with Crippen LogP contribution in [0.4, 0.5) is 0 Å². The van der Waals surface area contributed by atoms with E-state index in [1.165, 1.54) is 60.1 Å². The van der Waals surface area contributed by atoms with Gasteiger partial charge in [-0.1, -0.05) is 127 Å². The Bertz CT molecular complexity index is 3430. The smallest absolute Gasteiger partial charge is 0.136 e. The quantitative estimate of drug-likeness (QED) is 0.173. The Morgan fingerprint density at radius 3 is 1.31 bits per heavy atom. The van der Waals surface area contributed by atoms with E-state index in [-0.39, 0.29) is 0 Å². The molecule has 0 N–H and O–H groups in total. The maximum atomic E-state index is 6.43. The summed E-state index contributed by atoms with van der Waals surface area (Å²) in [4.78, 5) is 0. The SMILES string of the molecule is c1ccc(-c2c3ccccc3c(-c3ccc4cc(-c5ccc6oc7cc8cc9c(cc8cc7c6c5)oc5ccccc59)ccc4c3)c3ccccc23)cc1. The van der Waals surface area contributed by atoms with Crippen molar-refractivity contribution in [3.05, 3.63) is 182 Å². The first kappa shape index (κ1) is 29.4. The molecule has 0 amide bonds. The molecule has 0 spiro atoms. The highest BCUT2D eigenvalue weighted by atomic mass is 16.3. The topological polar surface area (TPSA) is 26.3 Å². The Kier molecular flexibility index (Phi) is 6.09. The van der Waals surface area contributed by atoms with Gasteiger partial charge in [0.25, 0.3) is 0 Å². The van der Waals surface area contributed by atoms with Gasteiger partial charge in [0.2, 0.25) is 0 Å². The van der Waals surface area contributed by atoms with Gasteiger partial charge in [0, 0.05) is 21.5 Å². The summed E-state index contributed by atoms with van der Waals surface area (Å²) in [5, 5.41) is 14.3. The van der Waals surface area contributed by atoms with E-state index in [1.54, 1.807) is 0 Å². The van der Waals surface area contributed by atoms with Gasteiger partial charge in [-0.2, -0.15) is 0 Å². The van der Waals surface area contributed by atoms with Gasteiger partial charge in [-0.15, -0.1) is 0 Å². The third-order valence-electron chi connectivity index (χ3n) is 11.4. The summed E-state index contributed by atoms with van der Waals surface area (Å²) in [5.41, 5.74) is 11.0. The minimum absolute atomic E-state index is 0.890. The van der Waals surface area contributed by atoms with E-state index >= 15 is 0 Å². The van der Waals surface area contributed by atoms with Crippen molar-refractivity contribution >= 4 is 87.0 Å². The molecule has 0 saturated heterocycles. The van der Waals surface area contributed by atoms with Crippen LogP contribution >= 0.6 is 0 Å². The maximum Gasteiger partial charge on any atom is 0.136 e. The Morgan fingerprint density at radius 2 is 0.667 bits per heavy atom. The molecule has 0 aliphatic carbocycles. The summed E-state index contributed by atoms with van der Waals surface area (Å²) in [6.07, 6.45) is 0. The normalized spacial score (nSPS) is 12.1. The molecule has 250 valence electrons. The fraction of sp³-hybridized carbons (Fsp3) is 0. The van der Waals surface area contributed by atoms with Crippen molar-refractivity contribution in [2.45, 2.75) is 0 Å². The zero-order valence-electron chi connectivity index (χ0n) is 29.1. The highest BCUT2D eigenvalue weighted by Crippen LogP contribution is 2.44. The molecule has 0 unspecified atom stereocenters. The van der Waals surface area contributed by atoms with Gasteiger partial charge in [-0.25, -0.2) is 0 Å². The summed E-state index contributed by atoms with van der Waals surface area (Å²) < 4.78 is 12.6. The fourth-order valence-corrected chi connectivity index (χ4v) is 8.86. The van der Waals surface area contributed by atoms with E-state index in [2.05, 4.69) is 170 Å². The zero-order valence-corrected chi connectivity index (χ0v) is 29.1. The second kappa shape index (κ2) is 11.2. The molecule has 2 nitrogen and oxygen atoms in total. The summed E-state index contributed by atoms with van der Waals surface area (Å²) in [6, 6.07) is 65.8. The van der Waals surface area contributed by atoms with E-state index < -0.39 is 0 Å². The van der Waals surface area contributed by atoms with Gasteiger partial charge >= 0.3 is 0 Å². The zero-order chi connectivity index (χ0) is 35.3. The van der Waals surface area contributed by atoms with E-state index in [0.29, 0.717) is 0 Å². The Labute approximate surface area is 310 Å². The van der Waals surface area contributed by atoms with Crippen LogP contribution in [0.25, 0.3) is 120 Å². The number of benzene rings is 10. The summed E-state index contributed by atoms with van der Waals surface area (Å²) in [5.74, 6) is 0. The molecule has 54 heavy (non-hydrogen) atoms. The lowest BCUT2D eigenvalue weighted by atomic mass is 9.85. The summed E-state index contributed by atoms with van der Waals surface area (Å²) in [6.45, 7) is 0. The molecule has 2 aromatic heterocycles. The van der Waals surface area contributed by atoms with Crippen molar-refractivity contribution in [3.63, 3.8) is 0 Å². The molecular weight excluding hydrogens is 657 g/mol. The first-order valence-electron chi connectivity index (χ1n) is 18.5. The molecule has 12 aromatic rings. The van der Waals surface area contributed by atoms with Crippen molar-refractivity contribution in [1.82, 2.24) is 0 Å². The van der Waals surface area contributed by atoms with Crippen LogP contribution in [0.5, 0.6) is 0 Å². The molecule has 0 aliphatic rings. The van der Waals surface area contributed by atoms with Crippen LogP contribution in [0.2, 0.25) is 0 Å². The molecule has 10 aromatic carbocycles. The molecule has 0 saturated carbocycles. The van der Waals surface area contributed by atoms with Crippen LogP contribution < -0.4 is 0 Å². The highest BCUT2D eigenvalue weighted by molar-refractivity contribution is 6.22. The minimum Gasteiger partial charge on any atom is -0.456 e. The van der Waals surface area contributed by atoms with E-state index in [4.69, 9.17) is 8.83 Å². The lowest BCUT2D eigenvalue weighted by Gasteiger charge is -2.18. The van der Waals surface area contributed by atoms with Crippen molar-refractivity contribution in [1.29, 1.82) is 0 Å². The highest BCUT2D eigenvalue weighted by Gasteiger charge is 2.17. The van der Waals surface area contributed by atoms with Gasteiger partial charge in [-0.05, 0) is 131 Å². The lowest BCUT2D eigenvalue weighted by molar-refractivity contribution is 0.668. The first-order chi connectivity index (χ1) is 26.7. The number of rotatable bonds is 3. The van der Waals surface area contributed by atoms with Crippen molar-refractivity contribution in [3.8, 4) is 33.4 Å². The summed E-state index contributed by atoms with van der Waals surface area (Å²) in [7, 11) is 0. The van der Waals surface area contributed by atoms with Crippen LogP contribution in [0.3, 0.4) is 0 Å². The predicted octanol–water partition coefficient (Wildman–Crippen LogP) is 15.1. The van der Waals surface area contributed by atoms with E-state index in [0.717, 1.165) is 60.2 Å². The number of para-hydroxylation sites is 1. The van der Waals surface area contributed by atoms with Gasteiger partial charge in [0.05, 0.1) is 0 Å². The van der Waals surface area contributed by atoms with E-state index in [1.807, 2.05) is 12.1 Å². The second-order valence-corrected chi connectivity index (χ2v) is 14.4. The Hall–Kier alpha value is -7.16. The first-order valence-corrected chi connectivity index (χ1v) is 18.5. The van der Waals surface area contributed by atoms with Gasteiger partial charge in [-0.3, -0.25) is 0 Å². The van der Waals surface area contributed by atoms with Crippen LogP contribution in [-0.4, -0.2) is 0 Å². The number of furan rings is 2. The maximum absolute atomic E-state index is 6.43. The molecule has 0 aliphatic heterocycles. The van der Waals surface area contributed by atoms with Gasteiger partial charge in [0.1, 0.15) is 22.3 Å². The molecule has 2 heteroatoms. The van der Waals surface area contributed by atoms with Crippen molar-refractivity contribution in [2.75, 3.05) is 0 Å². The molecular formula is C52H30O2.